The lowest BCUT2D eigenvalue weighted by Crippen LogP contribution is -2.48. The summed E-state index contributed by atoms with van der Waals surface area (Å²) in [7, 11) is 1.61. The van der Waals surface area contributed by atoms with E-state index in [0.29, 0.717) is 17.9 Å². The van der Waals surface area contributed by atoms with Crippen LogP contribution in [0.1, 0.15) is 37.4 Å². The van der Waals surface area contributed by atoms with E-state index < -0.39 is 6.04 Å². The van der Waals surface area contributed by atoms with Crippen LogP contribution in [0, 0.1) is 11.8 Å². The smallest absolute Gasteiger partial charge is 0.258 e. The minimum atomic E-state index is -0.428. The zero-order chi connectivity index (χ0) is 21.5. The van der Waals surface area contributed by atoms with E-state index in [0.717, 1.165) is 36.9 Å². The zero-order valence-corrected chi connectivity index (χ0v) is 17.7. The summed E-state index contributed by atoms with van der Waals surface area (Å²) in [4.78, 5) is 26.2. The first-order valence-corrected chi connectivity index (χ1v) is 11.2. The van der Waals surface area contributed by atoms with E-state index >= 15 is 0 Å². The Kier molecular flexibility index (Phi) is 5.32. The summed E-state index contributed by atoms with van der Waals surface area (Å²) in [5.41, 5.74) is 2.28. The summed E-state index contributed by atoms with van der Waals surface area (Å²) in [6.45, 7) is 0.421. The fraction of sp³-hybridized carbons (Fsp3) is 0.500. The minimum Gasteiger partial charge on any atom is -0.497 e. The number of pyridine rings is 1. The van der Waals surface area contributed by atoms with E-state index in [9.17, 15) is 14.7 Å². The second-order valence-electron chi connectivity index (χ2n) is 8.94. The SMILES string of the molecule is COc1cccc(-c2ccc3n(c2=O)C[C@H]2[C@H](CO)[C@@H](C(=O)NC4CCCC4)N[C@@H]32)c1. The number of benzene rings is 1. The van der Waals surface area contributed by atoms with E-state index in [1.54, 1.807) is 11.7 Å². The van der Waals surface area contributed by atoms with Crippen molar-refractivity contribution in [2.24, 2.45) is 11.8 Å². The van der Waals surface area contributed by atoms with Gasteiger partial charge in [-0.3, -0.25) is 14.9 Å². The monoisotopic (exact) mass is 423 g/mol. The van der Waals surface area contributed by atoms with E-state index in [1.807, 2.05) is 36.4 Å². The van der Waals surface area contributed by atoms with Gasteiger partial charge >= 0.3 is 0 Å². The summed E-state index contributed by atoms with van der Waals surface area (Å²) in [5, 5.41) is 16.7. The van der Waals surface area contributed by atoms with E-state index in [2.05, 4.69) is 10.6 Å². The molecule has 4 atom stereocenters. The van der Waals surface area contributed by atoms with Gasteiger partial charge in [0.15, 0.2) is 0 Å². The molecule has 1 saturated carbocycles. The number of rotatable bonds is 5. The van der Waals surface area contributed by atoms with Gasteiger partial charge in [0.2, 0.25) is 5.91 Å². The topological polar surface area (TPSA) is 92.6 Å². The van der Waals surface area contributed by atoms with Gasteiger partial charge in [-0.1, -0.05) is 25.0 Å². The standard InChI is InChI=1S/C24H29N3O4/c1-31-16-8-4-5-14(11-16)17-9-10-20-21-18(12-27(20)24(17)30)19(13-28)22(26-21)23(29)25-15-6-2-3-7-15/h4-5,8-11,15,18-19,21-22,26,28H,2-3,6-7,12-13H2,1H3,(H,25,29)/t18-,19-,21+,22-/m0/s1. The number of hydrogen-bond donors (Lipinski definition) is 3. The molecule has 3 N–H and O–H groups in total. The predicted molar refractivity (Wildman–Crippen MR) is 117 cm³/mol. The third-order valence-corrected chi connectivity index (χ3v) is 7.26. The molecule has 3 heterocycles. The van der Waals surface area contributed by atoms with Crippen LogP contribution < -0.4 is 20.9 Å². The van der Waals surface area contributed by atoms with Gasteiger partial charge in [-0.15, -0.1) is 0 Å². The number of hydrogen-bond acceptors (Lipinski definition) is 5. The number of ether oxygens (including phenoxy) is 1. The van der Waals surface area contributed by atoms with Crippen molar-refractivity contribution in [2.45, 2.75) is 50.4 Å². The number of nitrogens with zero attached hydrogens (tertiary/aromatic N) is 1. The van der Waals surface area contributed by atoms with E-state index in [-0.39, 0.29) is 42.0 Å². The van der Waals surface area contributed by atoms with Gasteiger partial charge in [0, 0.05) is 42.3 Å². The molecule has 0 unspecified atom stereocenters. The Morgan fingerprint density at radius 3 is 2.81 bits per heavy atom. The van der Waals surface area contributed by atoms with Crippen LogP contribution in [-0.2, 0) is 11.3 Å². The Hall–Kier alpha value is -2.64. The quantitative estimate of drug-likeness (QED) is 0.683. The Balaban J connectivity index is 1.41. The van der Waals surface area contributed by atoms with Gasteiger partial charge < -0.3 is 19.7 Å². The van der Waals surface area contributed by atoms with E-state index in [1.165, 1.54) is 0 Å². The number of aliphatic hydroxyl groups excluding tert-OH is 1. The maximum Gasteiger partial charge on any atom is 0.258 e. The van der Waals surface area contributed by atoms with Gasteiger partial charge in [0.05, 0.1) is 19.2 Å². The van der Waals surface area contributed by atoms with Crippen molar-refractivity contribution in [2.75, 3.05) is 13.7 Å². The number of amides is 1. The number of carbonyl (C=O) groups is 1. The van der Waals surface area contributed by atoms with Gasteiger partial charge in [0.25, 0.3) is 5.56 Å². The van der Waals surface area contributed by atoms with Crippen LogP contribution in [0.5, 0.6) is 5.75 Å². The van der Waals surface area contributed by atoms with Crippen molar-refractivity contribution in [1.29, 1.82) is 0 Å². The van der Waals surface area contributed by atoms with Crippen molar-refractivity contribution >= 4 is 5.91 Å². The zero-order valence-electron chi connectivity index (χ0n) is 17.7. The van der Waals surface area contributed by atoms with Gasteiger partial charge in [-0.25, -0.2) is 0 Å². The molecule has 3 aliphatic rings. The predicted octanol–water partition coefficient (Wildman–Crippen LogP) is 1.83. The fourth-order valence-electron chi connectivity index (χ4n) is 5.63. The van der Waals surface area contributed by atoms with Crippen molar-refractivity contribution in [3.05, 3.63) is 52.4 Å². The molecule has 31 heavy (non-hydrogen) atoms. The average Bonchev–Trinajstić information content (AvgIpc) is 3.50. The molecule has 1 aromatic heterocycles. The molecule has 1 amide bonds. The van der Waals surface area contributed by atoms with Gasteiger partial charge in [-0.2, -0.15) is 0 Å². The average molecular weight is 424 g/mol. The Labute approximate surface area is 181 Å². The van der Waals surface area contributed by atoms with E-state index in [4.69, 9.17) is 4.74 Å². The lowest BCUT2D eigenvalue weighted by Gasteiger charge is -2.23. The van der Waals surface area contributed by atoms with Crippen LogP contribution in [0.2, 0.25) is 0 Å². The van der Waals surface area contributed by atoms with Crippen molar-refractivity contribution < 1.29 is 14.6 Å². The van der Waals surface area contributed by atoms with Crippen LogP contribution in [0.25, 0.3) is 11.1 Å². The summed E-state index contributed by atoms with van der Waals surface area (Å²) in [5.74, 6) is 0.475. The largest absolute Gasteiger partial charge is 0.497 e. The molecule has 0 bridgehead atoms. The Bertz CT molecular complexity index is 1040. The molecular weight excluding hydrogens is 394 g/mol. The molecule has 0 spiro atoms. The second kappa shape index (κ2) is 8.13. The highest BCUT2D eigenvalue weighted by atomic mass is 16.5. The molecule has 5 rings (SSSR count). The maximum atomic E-state index is 13.3. The van der Waals surface area contributed by atoms with Crippen molar-refractivity contribution in [1.82, 2.24) is 15.2 Å². The number of aromatic nitrogens is 1. The first-order chi connectivity index (χ1) is 15.1. The van der Waals surface area contributed by atoms with Crippen LogP contribution in [0.15, 0.2) is 41.2 Å². The molecule has 2 aromatic rings. The van der Waals surface area contributed by atoms with Crippen LogP contribution in [0.3, 0.4) is 0 Å². The molecule has 7 heteroatoms. The first-order valence-electron chi connectivity index (χ1n) is 11.2. The lowest BCUT2D eigenvalue weighted by molar-refractivity contribution is -0.125. The number of aliphatic hydroxyl groups is 1. The Morgan fingerprint density at radius 2 is 2.06 bits per heavy atom. The van der Waals surface area contributed by atoms with Crippen LogP contribution in [0.4, 0.5) is 0 Å². The third kappa shape index (κ3) is 3.46. The lowest BCUT2D eigenvalue weighted by atomic mass is 9.88. The van der Waals surface area contributed by atoms with Crippen LogP contribution in [-0.4, -0.2) is 41.4 Å². The number of methoxy groups -OCH3 is 1. The molecule has 1 saturated heterocycles. The fourth-order valence-corrected chi connectivity index (χ4v) is 5.63. The van der Waals surface area contributed by atoms with Crippen LogP contribution >= 0.6 is 0 Å². The first kappa shape index (κ1) is 20.3. The summed E-state index contributed by atoms with van der Waals surface area (Å²) < 4.78 is 7.09. The normalized spacial score (nSPS) is 27.2. The third-order valence-electron chi connectivity index (χ3n) is 7.26. The highest BCUT2D eigenvalue weighted by Gasteiger charge is 2.50. The molecule has 1 aromatic carbocycles. The maximum absolute atomic E-state index is 13.3. The number of nitrogens with one attached hydrogen (secondary N) is 2. The van der Waals surface area contributed by atoms with Gasteiger partial charge in [0.1, 0.15) is 5.75 Å². The summed E-state index contributed by atoms with van der Waals surface area (Å²) >= 11 is 0. The molecule has 7 nitrogen and oxygen atoms in total. The highest BCUT2D eigenvalue weighted by molar-refractivity contribution is 5.83. The highest BCUT2D eigenvalue weighted by Crippen LogP contribution is 2.43. The van der Waals surface area contributed by atoms with Crippen molar-refractivity contribution in [3.8, 4) is 16.9 Å². The molecule has 0 radical (unpaired) electrons. The Morgan fingerprint density at radius 1 is 1.26 bits per heavy atom. The number of fused-ring (bicyclic) bond motifs is 3. The molecule has 164 valence electrons. The molecular formula is C24H29N3O4. The molecule has 1 aliphatic carbocycles. The summed E-state index contributed by atoms with van der Waals surface area (Å²) in [6.07, 6.45) is 4.37. The minimum absolute atomic E-state index is 0.0117. The second-order valence-corrected chi connectivity index (χ2v) is 8.94. The van der Waals surface area contributed by atoms with Crippen molar-refractivity contribution in [3.63, 3.8) is 0 Å². The van der Waals surface area contributed by atoms with Gasteiger partial charge in [-0.05, 0) is 42.7 Å². The molecule has 2 fully saturated rings. The number of carbonyl (C=O) groups excluding carboxylic acids is 1. The molecule has 2 aliphatic heterocycles. The summed E-state index contributed by atoms with van der Waals surface area (Å²) in [6, 6.07) is 11.0.